The van der Waals surface area contributed by atoms with E-state index in [1.165, 1.54) is 0 Å². The maximum absolute atomic E-state index is 12.1. The normalized spacial score (nSPS) is 10.3. The minimum Gasteiger partial charge on any atom is -0.432 e. The van der Waals surface area contributed by atoms with Crippen molar-refractivity contribution in [1.82, 2.24) is 0 Å². The van der Waals surface area contributed by atoms with Crippen LogP contribution in [0.4, 0.5) is 0 Å². The molecule has 0 saturated carbocycles. The maximum Gasteiger partial charge on any atom is 0.343 e. The Labute approximate surface area is 123 Å². The zero-order valence-corrected chi connectivity index (χ0v) is 11.5. The van der Waals surface area contributed by atoms with E-state index in [0.29, 0.717) is 5.56 Å². The third-order valence-electron chi connectivity index (χ3n) is 3.42. The number of ether oxygens (including phenoxy) is 1. The summed E-state index contributed by atoms with van der Waals surface area (Å²) < 4.78 is 4.93. The van der Waals surface area contributed by atoms with Crippen molar-refractivity contribution >= 4 is 16.7 Å². The second-order valence-corrected chi connectivity index (χ2v) is 4.64. The van der Waals surface area contributed by atoms with Crippen LogP contribution in [-0.4, -0.2) is 5.97 Å². The summed E-state index contributed by atoms with van der Waals surface area (Å²) >= 11 is 0. The number of rotatable bonds is 3. The summed E-state index contributed by atoms with van der Waals surface area (Å²) in [6, 6.07) is 21.6. The van der Waals surface area contributed by atoms with Gasteiger partial charge >= 0.3 is 5.97 Å². The highest BCUT2D eigenvalue weighted by Crippen LogP contribution is 2.31. The standard InChI is InChI=1S/C19H14O2/c1-2-21-19(20)18-12-6-5-11-17(18)16-13-7-9-14-8-3-4-10-15(14)16/h2-13H,1H2. The lowest BCUT2D eigenvalue weighted by atomic mass is 9.95. The van der Waals surface area contributed by atoms with Gasteiger partial charge in [-0.2, -0.15) is 0 Å². The Kier molecular flexibility index (Phi) is 3.52. The minimum absolute atomic E-state index is 0.395. The molecule has 3 aromatic carbocycles. The summed E-state index contributed by atoms with van der Waals surface area (Å²) in [5, 5.41) is 2.25. The van der Waals surface area contributed by atoms with E-state index in [-0.39, 0.29) is 0 Å². The molecule has 2 nitrogen and oxygen atoms in total. The summed E-state index contributed by atoms with van der Waals surface area (Å²) in [7, 11) is 0. The van der Waals surface area contributed by atoms with Gasteiger partial charge in [0, 0.05) is 0 Å². The number of hydrogen-bond acceptors (Lipinski definition) is 2. The van der Waals surface area contributed by atoms with E-state index in [1.807, 2.05) is 42.5 Å². The third-order valence-corrected chi connectivity index (χ3v) is 3.42. The lowest BCUT2D eigenvalue weighted by Crippen LogP contribution is -2.02. The molecule has 102 valence electrons. The Balaban J connectivity index is 2.24. The topological polar surface area (TPSA) is 26.3 Å². The number of fused-ring (bicyclic) bond motifs is 1. The van der Waals surface area contributed by atoms with Gasteiger partial charge in [-0.05, 0) is 28.0 Å². The van der Waals surface area contributed by atoms with E-state index in [1.54, 1.807) is 6.07 Å². The molecule has 3 rings (SSSR count). The Bertz CT molecular complexity index is 813. The predicted octanol–water partition coefficient (Wildman–Crippen LogP) is 4.81. The van der Waals surface area contributed by atoms with Crippen LogP contribution in [0.1, 0.15) is 10.4 Å². The smallest absolute Gasteiger partial charge is 0.343 e. The summed E-state index contributed by atoms with van der Waals surface area (Å²) in [4.78, 5) is 12.1. The van der Waals surface area contributed by atoms with Crippen molar-refractivity contribution in [3.05, 3.63) is 85.1 Å². The summed E-state index contributed by atoms with van der Waals surface area (Å²) in [5.74, 6) is -0.395. The Morgan fingerprint density at radius 1 is 0.857 bits per heavy atom. The van der Waals surface area contributed by atoms with Gasteiger partial charge in [0.05, 0.1) is 11.8 Å². The first-order valence-electron chi connectivity index (χ1n) is 6.70. The second-order valence-electron chi connectivity index (χ2n) is 4.64. The molecule has 0 bridgehead atoms. The molecule has 0 aromatic heterocycles. The van der Waals surface area contributed by atoms with E-state index in [0.717, 1.165) is 28.2 Å². The van der Waals surface area contributed by atoms with Crippen LogP contribution in [0.15, 0.2) is 79.6 Å². The highest BCUT2D eigenvalue weighted by molar-refractivity contribution is 6.04. The van der Waals surface area contributed by atoms with Gasteiger partial charge in [-0.15, -0.1) is 0 Å². The van der Waals surface area contributed by atoms with Crippen LogP contribution in [0, 0.1) is 0 Å². The lowest BCUT2D eigenvalue weighted by molar-refractivity contribution is 0.0665. The summed E-state index contributed by atoms with van der Waals surface area (Å²) in [6.45, 7) is 3.44. The third kappa shape index (κ3) is 2.43. The molecule has 0 amide bonds. The number of carbonyl (C=O) groups excluding carboxylic acids is 1. The van der Waals surface area contributed by atoms with Crippen molar-refractivity contribution in [3.63, 3.8) is 0 Å². The van der Waals surface area contributed by atoms with Gasteiger partial charge in [-0.1, -0.05) is 67.2 Å². The molecule has 0 radical (unpaired) electrons. The molecule has 0 aliphatic heterocycles. The Hall–Kier alpha value is -2.87. The van der Waals surface area contributed by atoms with Crippen LogP contribution < -0.4 is 0 Å². The van der Waals surface area contributed by atoms with Crippen molar-refractivity contribution in [2.45, 2.75) is 0 Å². The molecule has 0 N–H and O–H groups in total. The molecule has 2 heteroatoms. The molecular weight excluding hydrogens is 260 g/mol. The number of carbonyl (C=O) groups is 1. The molecule has 0 aliphatic carbocycles. The van der Waals surface area contributed by atoms with Gasteiger partial charge in [-0.3, -0.25) is 0 Å². The first kappa shape index (κ1) is 13.1. The number of esters is 1. The Morgan fingerprint density at radius 3 is 2.38 bits per heavy atom. The fourth-order valence-corrected chi connectivity index (χ4v) is 2.50. The first-order valence-corrected chi connectivity index (χ1v) is 6.70. The van der Waals surface area contributed by atoms with Gasteiger partial charge in [-0.25, -0.2) is 4.79 Å². The average molecular weight is 274 g/mol. The summed E-state index contributed by atoms with van der Waals surface area (Å²) in [5.41, 5.74) is 2.42. The van der Waals surface area contributed by atoms with Gasteiger partial charge in [0.2, 0.25) is 0 Å². The molecule has 0 unspecified atom stereocenters. The lowest BCUT2D eigenvalue weighted by Gasteiger charge is -2.10. The highest BCUT2D eigenvalue weighted by atomic mass is 16.5. The zero-order chi connectivity index (χ0) is 14.7. The maximum atomic E-state index is 12.1. The second kappa shape index (κ2) is 5.63. The largest absolute Gasteiger partial charge is 0.432 e. The van der Waals surface area contributed by atoms with Crippen molar-refractivity contribution in [2.24, 2.45) is 0 Å². The molecule has 0 saturated heterocycles. The molecule has 0 atom stereocenters. The van der Waals surface area contributed by atoms with Crippen LogP contribution in [0.25, 0.3) is 21.9 Å². The van der Waals surface area contributed by atoms with Gasteiger partial charge < -0.3 is 4.74 Å². The monoisotopic (exact) mass is 274 g/mol. The van der Waals surface area contributed by atoms with E-state index >= 15 is 0 Å². The van der Waals surface area contributed by atoms with Gasteiger partial charge in [0.25, 0.3) is 0 Å². The minimum atomic E-state index is -0.395. The van der Waals surface area contributed by atoms with Crippen molar-refractivity contribution in [3.8, 4) is 11.1 Å². The number of hydrogen-bond donors (Lipinski definition) is 0. The van der Waals surface area contributed by atoms with Crippen molar-refractivity contribution in [1.29, 1.82) is 0 Å². The van der Waals surface area contributed by atoms with Crippen LogP contribution in [-0.2, 0) is 4.74 Å². The fourth-order valence-electron chi connectivity index (χ4n) is 2.50. The van der Waals surface area contributed by atoms with E-state index in [9.17, 15) is 4.79 Å². The van der Waals surface area contributed by atoms with E-state index in [4.69, 9.17) is 4.74 Å². The van der Waals surface area contributed by atoms with Crippen molar-refractivity contribution in [2.75, 3.05) is 0 Å². The van der Waals surface area contributed by atoms with Crippen LogP contribution in [0.5, 0.6) is 0 Å². The molecule has 0 aliphatic rings. The van der Waals surface area contributed by atoms with Gasteiger partial charge in [0.1, 0.15) is 0 Å². The molecule has 0 fully saturated rings. The van der Waals surface area contributed by atoms with Gasteiger partial charge in [0.15, 0.2) is 0 Å². The summed E-state index contributed by atoms with van der Waals surface area (Å²) in [6.07, 6.45) is 1.15. The Morgan fingerprint density at radius 2 is 1.52 bits per heavy atom. The van der Waals surface area contributed by atoms with Crippen LogP contribution >= 0.6 is 0 Å². The van der Waals surface area contributed by atoms with Crippen LogP contribution in [0.3, 0.4) is 0 Å². The predicted molar refractivity (Wildman–Crippen MR) is 85.0 cm³/mol. The van der Waals surface area contributed by atoms with E-state index < -0.39 is 5.97 Å². The zero-order valence-electron chi connectivity index (χ0n) is 11.5. The van der Waals surface area contributed by atoms with E-state index in [2.05, 4.69) is 24.8 Å². The fraction of sp³-hybridized carbons (Fsp3) is 0. The number of benzene rings is 3. The molecule has 3 aromatic rings. The SMILES string of the molecule is C=COC(=O)c1ccccc1-c1cccc2ccccc12. The molecule has 0 spiro atoms. The van der Waals surface area contributed by atoms with Crippen LogP contribution in [0.2, 0.25) is 0 Å². The molecule has 21 heavy (non-hydrogen) atoms. The first-order chi connectivity index (χ1) is 10.3. The van der Waals surface area contributed by atoms with Crippen molar-refractivity contribution < 1.29 is 9.53 Å². The average Bonchev–Trinajstić information content (AvgIpc) is 2.54. The highest BCUT2D eigenvalue weighted by Gasteiger charge is 2.14. The quantitative estimate of drug-likeness (QED) is 0.506. The molecular formula is C19H14O2. The molecule has 0 heterocycles.